The normalized spacial score (nSPS) is 10.6. The number of ether oxygens (including phenoxy) is 1. The van der Waals surface area contributed by atoms with E-state index in [2.05, 4.69) is 4.98 Å². The van der Waals surface area contributed by atoms with Crippen molar-refractivity contribution in [2.45, 2.75) is 19.4 Å². The Balaban J connectivity index is 1.44. The van der Waals surface area contributed by atoms with Crippen LogP contribution in [0, 0.1) is 0 Å². The number of rotatable bonds is 7. The lowest BCUT2D eigenvalue weighted by Crippen LogP contribution is -2.30. The highest BCUT2D eigenvalue weighted by Crippen LogP contribution is 2.13. The van der Waals surface area contributed by atoms with E-state index in [1.165, 1.54) is 0 Å². The fourth-order valence-corrected chi connectivity index (χ4v) is 2.75. The van der Waals surface area contributed by atoms with Crippen LogP contribution in [0.5, 0.6) is 0 Å². The minimum Gasteiger partial charge on any atom is -0.456 e. The maximum Gasteiger partial charge on any atom is 0.306 e. The van der Waals surface area contributed by atoms with Crippen molar-refractivity contribution in [1.82, 2.24) is 9.88 Å². The van der Waals surface area contributed by atoms with Crippen LogP contribution in [0.1, 0.15) is 17.7 Å². The van der Waals surface area contributed by atoms with Gasteiger partial charge in [0, 0.05) is 31.1 Å². The monoisotopic (exact) mass is 362 g/mol. The Kier molecular flexibility index (Phi) is 6.15. The molecule has 0 radical (unpaired) electrons. The molecular weight excluding hydrogens is 340 g/mol. The van der Waals surface area contributed by atoms with Gasteiger partial charge in [-0.15, -0.1) is 0 Å². The molecule has 27 heavy (non-hydrogen) atoms. The van der Waals surface area contributed by atoms with E-state index in [0.717, 1.165) is 22.2 Å². The van der Waals surface area contributed by atoms with Gasteiger partial charge in [-0.2, -0.15) is 0 Å². The number of aryl methyl sites for hydroxylation is 1. The van der Waals surface area contributed by atoms with Gasteiger partial charge in [0.05, 0.1) is 11.9 Å². The molecule has 0 saturated heterocycles. The number of hydrogen-bond donors (Lipinski definition) is 0. The number of esters is 1. The number of aromatic nitrogens is 1. The zero-order valence-corrected chi connectivity index (χ0v) is 15.3. The molecule has 2 aromatic carbocycles. The molecule has 3 aromatic rings. The van der Waals surface area contributed by atoms with Crippen molar-refractivity contribution in [2.75, 3.05) is 13.7 Å². The van der Waals surface area contributed by atoms with Crippen LogP contribution < -0.4 is 0 Å². The van der Waals surface area contributed by atoms with Crippen molar-refractivity contribution in [3.05, 3.63) is 78.0 Å². The van der Waals surface area contributed by atoms with Crippen molar-refractivity contribution in [3.8, 4) is 0 Å². The Hall–Kier alpha value is -3.21. The van der Waals surface area contributed by atoms with Gasteiger partial charge < -0.3 is 9.64 Å². The molecule has 1 aromatic heterocycles. The second-order valence-electron chi connectivity index (χ2n) is 6.39. The largest absolute Gasteiger partial charge is 0.456 e. The van der Waals surface area contributed by atoms with Crippen LogP contribution in [-0.2, 0) is 27.3 Å². The number of likely N-dealkylation sites (N-methyl/N-ethyl adjacent to an activating group) is 1. The van der Waals surface area contributed by atoms with Gasteiger partial charge >= 0.3 is 5.97 Å². The SMILES string of the molecule is CN(Cc1ccccc1)C(=O)COC(=O)CCc1ccc2ccccc2n1. The smallest absolute Gasteiger partial charge is 0.306 e. The van der Waals surface area contributed by atoms with E-state index in [0.29, 0.717) is 13.0 Å². The second kappa shape index (κ2) is 8.94. The minimum absolute atomic E-state index is 0.195. The van der Waals surface area contributed by atoms with Gasteiger partial charge in [0.15, 0.2) is 6.61 Å². The topological polar surface area (TPSA) is 59.5 Å². The maximum absolute atomic E-state index is 12.1. The van der Waals surface area contributed by atoms with Gasteiger partial charge in [-0.25, -0.2) is 0 Å². The van der Waals surface area contributed by atoms with E-state index >= 15 is 0 Å². The Morgan fingerprint density at radius 1 is 0.963 bits per heavy atom. The van der Waals surface area contributed by atoms with E-state index in [-0.39, 0.29) is 18.9 Å². The lowest BCUT2D eigenvalue weighted by molar-refractivity contribution is -0.151. The first-order chi connectivity index (χ1) is 13.1. The molecule has 0 fully saturated rings. The highest BCUT2D eigenvalue weighted by Gasteiger charge is 2.13. The Labute approximate surface area is 158 Å². The van der Waals surface area contributed by atoms with Crippen molar-refractivity contribution >= 4 is 22.8 Å². The first kappa shape index (κ1) is 18.6. The average molecular weight is 362 g/mol. The molecule has 5 nitrogen and oxygen atoms in total. The summed E-state index contributed by atoms with van der Waals surface area (Å²) in [4.78, 5) is 30.1. The van der Waals surface area contributed by atoms with Crippen LogP contribution in [0.3, 0.4) is 0 Å². The van der Waals surface area contributed by atoms with Gasteiger partial charge in [0.2, 0.25) is 0 Å². The third kappa shape index (κ3) is 5.38. The van der Waals surface area contributed by atoms with Crippen LogP contribution >= 0.6 is 0 Å². The minimum atomic E-state index is -0.397. The molecule has 0 spiro atoms. The van der Waals surface area contributed by atoms with Crippen LogP contribution in [0.25, 0.3) is 10.9 Å². The summed E-state index contributed by atoms with van der Waals surface area (Å²) in [5.41, 5.74) is 2.77. The van der Waals surface area contributed by atoms with Crippen molar-refractivity contribution in [2.24, 2.45) is 0 Å². The summed E-state index contributed by atoms with van der Waals surface area (Å²) in [6, 6.07) is 21.4. The Morgan fingerprint density at radius 2 is 1.70 bits per heavy atom. The number of pyridine rings is 1. The molecule has 0 aliphatic carbocycles. The number of carbonyl (C=O) groups excluding carboxylic acids is 2. The first-order valence-corrected chi connectivity index (χ1v) is 8.90. The summed E-state index contributed by atoms with van der Waals surface area (Å²) in [6.45, 7) is 0.242. The Bertz CT molecular complexity index is 925. The summed E-state index contributed by atoms with van der Waals surface area (Å²) in [6.07, 6.45) is 0.679. The van der Waals surface area contributed by atoms with Gasteiger partial charge in [0.25, 0.3) is 5.91 Å². The van der Waals surface area contributed by atoms with Gasteiger partial charge in [-0.05, 0) is 17.7 Å². The second-order valence-corrected chi connectivity index (χ2v) is 6.39. The van der Waals surface area contributed by atoms with Crippen LogP contribution in [0.2, 0.25) is 0 Å². The molecule has 0 saturated carbocycles. The third-order valence-electron chi connectivity index (χ3n) is 4.29. The average Bonchev–Trinajstić information content (AvgIpc) is 2.71. The number of amides is 1. The molecule has 0 aliphatic heterocycles. The van der Waals surface area contributed by atoms with Gasteiger partial charge in [-0.3, -0.25) is 14.6 Å². The van der Waals surface area contributed by atoms with Gasteiger partial charge in [-0.1, -0.05) is 54.6 Å². The molecular formula is C22H22N2O3. The lowest BCUT2D eigenvalue weighted by Gasteiger charge is -2.17. The number of carbonyl (C=O) groups is 2. The van der Waals surface area contributed by atoms with Crippen molar-refractivity contribution < 1.29 is 14.3 Å². The Morgan fingerprint density at radius 3 is 2.52 bits per heavy atom. The van der Waals surface area contributed by atoms with Crippen LogP contribution in [-0.4, -0.2) is 35.4 Å². The molecule has 0 N–H and O–H groups in total. The maximum atomic E-state index is 12.1. The third-order valence-corrected chi connectivity index (χ3v) is 4.29. The number of benzene rings is 2. The van der Waals surface area contributed by atoms with E-state index in [9.17, 15) is 9.59 Å². The highest BCUT2D eigenvalue weighted by molar-refractivity contribution is 5.81. The van der Waals surface area contributed by atoms with Gasteiger partial charge in [0.1, 0.15) is 0 Å². The summed E-state index contributed by atoms with van der Waals surface area (Å²) in [7, 11) is 1.70. The zero-order chi connectivity index (χ0) is 19.1. The molecule has 138 valence electrons. The van der Waals surface area contributed by atoms with E-state index in [4.69, 9.17) is 4.74 Å². The molecule has 1 heterocycles. The number of nitrogens with zero attached hydrogens (tertiary/aromatic N) is 2. The van der Waals surface area contributed by atoms with Crippen molar-refractivity contribution in [3.63, 3.8) is 0 Å². The predicted octanol–water partition coefficient (Wildman–Crippen LogP) is 3.37. The molecule has 5 heteroatoms. The molecule has 0 unspecified atom stereocenters. The summed E-state index contributed by atoms with van der Waals surface area (Å²) in [5, 5.41) is 1.07. The van der Waals surface area contributed by atoms with E-state index in [1.54, 1.807) is 11.9 Å². The van der Waals surface area contributed by atoms with Crippen LogP contribution in [0.4, 0.5) is 0 Å². The highest BCUT2D eigenvalue weighted by atomic mass is 16.5. The molecule has 0 aliphatic rings. The summed E-state index contributed by atoms with van der Waals surface area (Å²) < 4.78 is 5.11. The summed E-state index contributed by atoms with van der Waals surface area (Å²) >= 11 is 0. The first-order valence-electron chi connectivity index (χ1n) is 8.90. The molecule has 3 rings (SSSR count). The van der Waals surface area contributed by atoms with E-state index < -0.39 is 5.97 Å². The molecule has 1 amide bonds. The quantitative estimate of drug-likeness (QED) is 0.605. The number of fused-ring (bicyclic) bond motifs is 1. The fraction of sp³-hybridized carbons (Fsp3) is 0.227. The number of hydrogen-bond acceptors (Lipinski definition) is 4. The zero-order valence-electron chi connectivity index (χ0n) is 15.3. The van der Waals surface area contributed by atoms with E-state index in [1.807, 2.05) is 66.7 Å². The van der Waals surface area contributed by atoms with Crippen molar-refractivity contribution in [1.29, 1.82) is 0 Å². The molecule has 0 atom stereocenters. The fourth-order valence-electron chi connectivity index (χ4n) is 2.75. The molecule has 0 bridgehead atoms. The van der Waals surface area contributed by atoms with Crippen LogP contribution in [0.15, 0.2) is 66.7 Å². The number of para-hydroxylation sites is 1. The summed E-state index contributed by atoms with van der Waals surface area (Å²) in [5.74, 6) is -0.623. The lowest BCUT2D eigenvalue weighted by atomic mass is 10.1. The standard InChI is InChI=1S/C22H22N2O3/c1-24(15-17-7-3-2-4-8-17)21(25)16-27-22(26)14-13-19-12-11-18-9-5-6-10-20(18)23-19/h2-12H,13-16H2,1H3. The predicted molar refractivity (Wildman–Crippen MR) is 104 cm³/mol.